The Labute approximate surface area is 142 Å². The zero-order chi connectivity index (χ0) is 17.6. The Morgan fingerprint density at radius 3 is 2.33 bits per heavy atom. The van der Waals surface area contributed by atoms with Crippen molar-refractivity contribution in [1.29, 1.82) is 0 Å². The molecule has 0 spiro atoms. The summed E-state index contributed by atoms with van der Waals surface area (Å²) in [5.41, 5.74) is 1.44. The molecule has 1 unspecified atom stereocenters. The van der Waals surface area contributed by atoms with Crippen LogP contribution in [0.25, 0.3) is 6.08 Å². The van der Waals surface area contributed by atoms with E-state index in [2.05, 4.69) is 0 Å². The Kier molecular flexibility index (Phi) is 4.25. The van der Waals surface area contributed by atoms with Crippen molar-refractivity contribution < 1.29 is 43.6 Å². The van der Waals surface area contributed by atoms with Crippen molar-refractivity contribution in [2.75, 3.05) is 0 Å². The normalized spacial score (nSPS) is 18.0. The van der Waals surface area contributed by atoms with Crippen molar-refractivity contribution in [2.45, 2.75) is 9.68 Å². The quantitative estimate of drug-likeness (QED) is 0.409. The summed E-state index contributed by atoms with van der Waals surface area (Å²) in [5, 5.41) is 0. The molecule has 8 heteroatoms. The van der Waals surface area contributed by atoms with Crippen molar-refractivity contribution in [3.8, 4) is 0 Å². The molecule has 3 nitrogen and oxygen atoms in total. The van der Waals surface area contributed by atoms with Gasteiger partial charge in [0.05, 0.1) is 0 Å². The van der Waals surface area contributed by atoms with E-state index < -0.39 is 32.4 Å². The van der Waals surface area contributed by atoms with E-state index in [0.29, 0.717) is 12.0 Å². The molecular formula is C16H13F3IO3S-. The van der Waals surface area contributed by atoms with Crippen LogP contribution in [0.1, 0.15) is 11.1 Å². The van der Waals surface area contributed by atoms with Crippen LogP contribution in [0.15, 0.2) is 54.6 Å². The van der Waals surface area contributed by atoms with Crippen LogP contribution in [0.3, 0.4) is 0 Å². The number of rotatable bonds is 4. The molecule has 1 N–H and O–H groups in total. The first-order chi connectivity index (χ1) is 11.2. The summed E-state index contributed by atoms with van der Waals surface area (Å²) in [4.78, 5) is 0. The number of halogens is 4. The Balaban J connectivity index is 2.30. The van der Waals surface area contributed by atoms with E-state index in [1.54, 1.807) is 6.08 Å². The second-order valence-electron chi connectivity index (χ2n) is 5.16. The summed E-state index contributed by atoms with van der Waals surface area (Å²) in [6.07, 6.45) is 4.10. The van der Waals surface area contributed by atoms with Gasteiger partial charge in [-0.2, -0.15) is 0 Å². The van der Waals surface area contributed by atoms with E-state index in [9.17, 15) is 17.2 Å². The molecule has 24 heavy (non-hydrogen) atoms. The van der Waals surface area contributed by atoms with Gasteiger partial charge in [0, 0.05) is 0 Å². The standard InChI is InChI=1S/C16H13F3IO3S/c17-16(18,24(21,22)23)20(19,14-7-2-1-3-8-14)15-10-9-12-5-4-6-13(12)11-15/h1-4,6-11H,5H2,(H,21,22,23)/q-1. The Hall–Kier alpha value is -1.39. The van der Waals surface area contributed by atoms with E-state index in [4.69, 9.17) is 4.55 Å². The number of hydrogen-bond donors (Lipinski definition) is 1. The fourth-order valence-electron chi connectivity index (χ4n) is 2.48. The summed E-state index contributed by atoms with van der Waals surface area (Å²) in [6.45, 7) is 0. The van der Waals surface area contributed by atoms with Crippen LogP contribution in [0.5, 0.6) is 0 Å². The molecule has 0 amide bonds. The molecule has 0 fully saturated rings. The number of allylic oxidation sites excluding steroid dienone is 1. The number of fused-ring (bicyclic) bond motifs is 1. The molecule has 0 heterocycles. The summed E-state index contributed by atoms with van der Waals surface area (Å²) < 4.78 is 70.9. The Morgan fingerprint density at radius 1 is 1.04 bits per heavy atom. The summed E-state index contributed by atoms with van der Waals surface area (Å²) in [7, 11) is -5.92. The van der Waals surface area contributed by atoms with Crippen molar-refractivity contribution in [3.63, 3.8) is 0 Å². The third kappa shape index (κ3) is 2.56. The number of alkyl halides is 3. The van der Waals surface area contributed by atoms with E-state index in [1.165, 1.54) is 36.4 Å². The van der Waals surface area contributed by atoms with Crippen LogP contribution in [-0.2, 0) is 16.5 Å². The summed E-state index contributed by atoms with van der Waals surface area (Å²) >= 11 is -6.17. The zero-order valence-electron chi connectivity index (χ0n) is 12.2. The second-order valence-corrected chi connectivity index (χ2v) is 14.0. The van der Waals surface area contributed by atoms with Crippen molar-refractivity contribution in [2.24, 2.45) is 0 Å². The summed E-state index contributed by atoms with van der Waals surface area (Å²) in [5.74, 6) is 0. The van der Waals surface area contributed by atoms with Gasteiger partial charge in [0.2, 0.25) is 0 Å². The predicted octanol–water partition coefficient (Wildman–Crippen LogP) is 0.778. The molecule has 0 bridgehead atoms. The molecule has 0 saturated carbocycles. The third-order valence-electron chi connectivity index (χ3n) is 3.67. The Morgan fingerprint density at radius 2 is 1.71 bits per heavy atom. The maximum atomic E-state index is 15.9. The van der Waals surface area contributed by atoms with E-state index in [0.717, 1.165) is 17.7 Å². The van der Waals surface area contributed by atoms with Gasteiger partial charge in [0.1, 0.15) is 0 Å². The topological polar surface area (TPSA) is 54.4 Å². The third-order valence-corrected chi connectivity index (χ3v) is 13.9. The molecule has 0 aliphatic heterocycles. The molecule has 0 aromatic heterocycles. The molecule has 0 saturated heterocycles. The summed E-state index contributed by atoms with van der Waals surface area (Å²) in [6, 6.07) is 10.5. The molecule has 130 valence electrons. The van der Waals surface area contributed by atoms with E-state index in [1.807, 2.05) is 6.08 Å². The molecule has 0 radical (unpaired) electrons. The molecular weight excluding hydrogens is 456 g/mol. The van der Waals surface area contributed by atoms with Crippen molar-refractivity contribution in [1.82, 2.24) is 0 Å². The van der Waals surface area contributed by atoms with Gasteiger partial charge in [-0.15, -0.1) is 0 Å². The van der Waals surface area contributed by atoms with Crippen molar-refractivity contribution >= 4 is 16.2 Å². The van der Waals surface area contributed by atoms with Crippen molar-refractivity contribution in [3.05, 3.63) is 72.9 Å². The molecule has 3 rings (SSSR count). The molecule has 2 aromatic carbocycles. The van der Waals surface area contributed by atoms with E-state index >= 15 is 2.86 Å². The van der Waals surface area contributed by atoms with Crippen LogP contribution >= 0.6 is 0 Å². The SMILES string of the molecule is O=S(=O)(O)C(F)(F)[I-](F)(c1ccccc1)c1ccc2c(c1)C=CC2. The van der Waals surface area contributed by atoms with Crippen LogP contribution in [0.4, 0.5) is 11.6 Å². The predicted molar refractivity (Wildman–Crippen MR) is 80.6 cm³/mol. The molecule has 2 aromatic rings. The first-order valence-corrected chi connectivity index (χ1v) is 12.3. The van der Waals surface area contributed by atoms with Crippen LogP contribution in [0, 0.1) is 7.14 Å². The van der Waals surface area contributed by atoms with Gasteiger partial charge in [-0.25, -0.2) is 0 Å². The number of hydrogen-bond acceptors (Lipinski definition) is 2. The van der Waals surface area contributed by atoms with Crippen LogP contribution in [-0.4, -0.2) is 16.2 Å². The number of benzene rings is 2. The van der Waals surface area contributed by atoms with Gasteiger partial charge in [-0.3, -0.25) is 0 Å². The average molecular weight is 469 g/mol. The molecule has 1 atom stereocenters. The van der Waals surface area contributed by atoms with E-state index in [-0.39, 0.29) is 7.14 Å². The molecule has 1 aliphatic rings. The minimum absolute atomic E-state index is 0.360. The van der Waals surface area contributed by atoms with Gasteiger partial charge in [0.15, 0.2) is 0 Å². The second kappa shape index (κ2) is 5.85. The van der Waals surface area contributed by atoms with Gasteiger partial charge >= 0.3 is 142 Å². The van der Waals surface area contributed by atoms with Gasteiger partial charge in [-0.05, 0) is 0 Å². The first-order valence-electron chi connectivity index (χ1n) is 6.84. The maximum absolute atomic E-state index is 15.9. The van der Waals surface area contributed by atoms with Crippen LogP contribution < -0.4 is 19.0 Å². The van der Waals surface area contributed by atoms with Gasteiger partial charge in [-0.1, -0.05) is 0 Å². The fraction of sp³-hybridized carbons (Fsp3) is 0.125. The monoisotopic (exact) mass is 469 g/mol. The zero-order valence-corrected chi connectivity index (χ0v) is 15.1. The molecule has 1 aliphatic carbocycles. The minimum atomic E-state index is -6.17. The first kappa shape index (κ1) is 17.4. The van der Waals surface area contributed by atoms with Crippen LogP contribution in [0.2, 0.25) is 0 Å². The van der Waals surface area contributed by atoms with Gasteiger partial charge < -0.3 is 0 Å². The van der Waals surface area contributed by atoms with Gasteiger partial charge in [0.25, 0.3) is 0 Å². The fourth-order valence-corrected chi connectivity index (χ4v) is 11.3. The average Bonchev–Trinajstić information content (AvgIpc) is 3.01. The Bertz CT molecular complexity index is 913.